The van der Waals surface area contributed by atoms with Crippen molar-refractivity contribution in [1.29, 1.82) is 0 Å². The third-order valence-corrected chi connectivity index (χ3v) is 3.32. The van der Waals surface area contributed by atoms with Gasteiger partial charge in [0.15, 0.2) is 5.78 Å². The van der Waals surface area contributed by atoms with E-state index in [4.69, 9.17) is 17.3 Å². The van der Waals surface area contributed by atoms with Gasteiger partial charge in [0.1, 0.15) is 0 Å². The maximum Gasteiger partial charge on any atom is 0.195 e. The van der Waals surface area contributed by atoms with E-state index in [0.717, 1.165) is 3.57 Å². The van der Waals surface area contributed by atoms with Crippen LogP contribution < -0.4 is 5.73 Å². The Morgan fingerprint density at radius 3 is 2.41 bits per heavy atom. The average Bonchev–Trinajstić information content (AvgIpc) is 2.32. The first-order valence-electron chi connectivity index (χ1n) is 4.93. The topological polar surface area (TPSA) is 43.1 Å². The number of ketones is 1. The Balaban J connectivity index is 2.43. The van der Waals surface area contributed by atoms with Gasteiger partial charge in [0.25, 0.3) is 0 Å². The number of rotatable bonds is 2. The predicted molar refractivity (Wildman–Crippen MR) is 78.5 cm³/mol. The summed E-state index contributed by atoms with van der Waals surface area (Å²) in [5.41, 5.74) is 7.27. The molecular formula is C13H9ClINO. The van der Waals surface area contributed by atoms with Gasteiger partial charge in [-0.3, -0.25) is 4.79 Å². The number of nitrogen functional groups attached to an aromatic ring is 1. The van der Waals surface area contributed by atoms with Crippen molar-refractivity contribution in [3.63, 3.8) is 0 Å². The highest BCUT2D eigenvalue weighted by molar-refractivity contribution is 14.1. The lowest BCUT2D eigenvalue weighted by molar-refractivity contribution is 0.103. The van der Waals surface area contributed by atoms with Crippen LogP contribution in [-0.4, -0.2) is 5.78 Å². The molecule has 0 saturated heterocycles. The van der Waals surface area contributed by atoms with E-state index < -0.39 is 0 Å². The monoisotopic (exact) mass is 357 g/mol. The summed E-state index contributed by atoms with van der Waals surface area (Å²) in [6.07, 6.45) is 0. The number of hydrogen-bond acceptors (Lipinski definition) is 2. The Hall–Kier alpha value is -1.07. The van der Waals surface area contributed by atoms with Crippen LogP contribution in [0, 0.1) is 3.57 Å². The van der Waals surface area contributed by atoms with E-state index in [-0.39, 0.29) is 5.78 Å². The fourth-order valence-electron chi connectivity index (χ4n) is 1.48. The first-order chi connectivity index (χ1) is 8.08. The Morgan fingerprint density at radius 1 is 1.12 bits per heavy atom. The van der Waals surface area contributed by atoms with Gasteiger partial charge >= 0.3 is 0 Å². The van der Waals surface area contributed by atoms with E-state index in [0.29, 0.717) is 21.8 Å². The van der Waals surface area contributed by atoms with Crippen molar-refractivity contribution >= 4 is 45.7 Å². The summed E-state index contributed by atoms with van der Waals surface area (Å²) in [6.45, 7) is 0. The summed E-state index contributed by atoms with van der Waals surface area (Å²) in [7, 11) is 0. The molecule has 0 aliphatic carbocycles. The second-order valence-corrected chi connectivity index (χ2v) is 5.25. The van der Waals surface area contributed by atoms with E-state index in [1.807, 2.05) is 12.1 Å². The van der Waals surface area contributed by atoms with Crippen LogP contribution >= 0.6 is 34.2 Å². The number of hydrogen-bond donors (Lipinski definition) is 1. The minimum Gasteiger partial charge on any atom is -0.398 e. The zero-order valence-corrected chi connectivity index (χ0v) is 11.7. The molecule has 0 aromatic heterocycles. The van der Waals surface area contributed by atoms with Gasteiger partial charge in [-0.15, -0.1) is 0 Å². The molecule has 0 aliphatic rings. The first kappa shape index (κ1) is 12.4. The second-order valence-electron chi connectivity index (χ2n) is 3.57. The molecule has 2 aromatic carbocycles. The van der Waals surface area contributed by atoms with Crippen molar-refractivity contribution in [2.45, 2.75) is 0 Å². The van der Waals surface area contributed by atoms with Crippen LogP contribution in [0.5, 0.6) is 0 Å². The average molecular weight is 358 g/mol. The summed E-state index contributed by atoms with van der Waals surface area (Å²) in [5, 5.41) is 0.507. The lowest BCUT2D eigenvalue weighted by Gasteiger charge is -2.05. The van der Waals surface area contributed by atoms with E-state index >= 15 is 0 Å². The lowest BCUT2D eigenvalue weighted by atomic mass is 10.0. The Kier molecular flexibility index (Phi) is 3.69. The molecule has 0 bridgehead atoms. The smallest absolute Gasteiger partial charge is 0.195 e. The maximum absolute atomic E-state index is 12.2. The normalized spacial score (nSPS) is 10.2. The molecule has 0 saturated carbocycles. The number of benzene rings is 2. The Labute approximate surface area is 118 Å². The van der Waals surface area contributed by atoms with Crippen LogP contribution in [-0.2, 0) is 0 Å². The van der Waals surface area contributed by atoms with Gasteiger partial charge in [0, 0.05) is 25.4 Å². The Morgan fingerprint density at radius 2 is 1.76 bits per heavy atom. The zero-order chi connectivity index (χ0) is 12.4. The molecule has 2 N–H and O–H groups in total. The molecule has 0 fully saturated rings. The molecule has 0 aliphatic heterocycles. The van der Waals surface area contributed by atoms with Crippen LogP contribution in [0.1, 0.15) is 15.9 Å². The van der Waals surface area contributed by atoms with Gasteiger partial charge in [-0.25, -0.2) is 0 Å². The molecule has 17 heavy (non-hydrogen) atoms. The highest BCUT2D eigenvalue weighted by Gasteiger charge is 2.12. The summed E-state index contributed by atoms with van der Waals surface area (Å²) in [6, 6.07) is 12.2. The fraction of sp³-hybridized carbons (Fsp3) is 0. The predicted octanol–water partition coefficient (Wildman–Crippen LogP) is 3.76. The van der Waals surface area contributed by atoms with E-state index in [9.17, 15) is 4.79 Å². The summed E-state index contributed by atoms with van der Waals surface area (Å²) in [5.74, 6) is -0.110. The van der Waals surface area contributed by atoms with Crippen LogP contribution in [0.25, 0.3) is 0 Å². The Bertz CT molecular complexity index is 566. The number of carbonyl (C=O) groups excluding carboxylic acids is 1. The molecule has 2 rings (SSSR count). The highest BCUT2D eigenvalue weighted by Crippen LogP contribution is 2.21. The van der Waals surface area contributed by atoms with Crippen LogP contribution in [0.3, 0.4) is 0 Å². The number of anilines is 1. The SMILES string of the molecule is Nc1ccc(Cl)cc1C(=O)c1ccc(I)cc1. The van der Waals surface area contributed by atoms with Crippen molar-refractivity contribution in [3.8, 4) is 0 Å². The number of halogens is 2. The molecule has 0 spiro atoms. The van der Waals surface area contributed by atoms with Gasteiger partial charge in [0.2, 0.25) is 0 Å². The molecule has 0 atom stereocenters. The second kappa shape index (κ2) is 5.06. The van der Waals surface area contributed by atoms with Gasteiger partial charge in [-0.05, 0) is 65.1 Å². The molecule has 0 radical (unpaired) electrons. The van der Waals surface area contributed by atoms with E-state index in [2.05, 4.69) is 22.6 Å². The largest absolute Gasteiger partial charge is 0.398 e. The van der Waals surface area contributed by atoms with Crippen molar-refractivity contribution < 1.29 is 4.79 Å². The molecule has 0 unspecified atom stereocenters. The first-order valence-corrected chi connectivity index (χ1v) is 6.39. The maximum atomic E-state index is 12.2. The molecule has 86 valence electrons. The number of carbonyl (C=O) groups is 1. The third kappa shape index (κ3) is 2.79. The molecule has 0 heterocycles. The van der Waals surface area contributed by atoms with Crippen molar-refractivity contribution in [2.75, 3.05) is 5.73 Å². The molecule has 2 aromatic rings. The zero-order valence-electron chi connectivity index (χ0n) is 8.78. The van der Waals surface area contributed by atoms with Crippen LogP contribution in [0.4, 0.5) is 5.69 Å². The molecular weight excluding hydrogens is 349 g/mol. The molecule has 4 heteroatoms. The van der Waals surface area contributed by atoms with Gasteiger partial charge in [-0.1, -0.05) is 11.6 Å². The van der Waals surface area contributed by atoms with Crippen molar-refractivity contribution in [1.82, 2.24) is 0 Å². The van der Waals surface area contributed by atoms with Crippen molar-refractivity contribution in [2.24, 2.45) is 0 Å². The molecule has 2 nitrogen and oxygen atoms in total. The van der Waals surface area contributed by atoms with Gasteiger partial charge in [-0.2, -0.15) is 0 Å². The standard InChI is InChI=1S/C13H9ClINO/c14-9-3-6-12(16)11(7-9)13(17)8-1-4-10(15)5-2-8/h1-7H,16H2. The van der Waals surface area contributed by atoms with Crippen molar-refractivity contribution in [3.05, 3.63) is 62.2 Å². The quantitative estimate of drug-likeness (QED) is 0.505. The number of nitrogens with two attached hydrogens (primary N) is 1. The van der Waals surface area contributed by atoms with E-state index in [1.165, 1.54) is 0 Å². The van der Waals surface area contributed by atoms with Gasteiger partial charge in [0.05, 0.1) is 0 Å². The van der Waals surface area contributed by atoms with Crippen LogP contribution in [0.15, 0.2) is 42.5 Å². The van der Waals surface area contributed by atoms with Gasteiger partial charge < -0.3 is 5.73 Å². The summed E-state index contributed by atoms with van der Waals surface area (Å²) < 4.78 is 1.08. The minimum atomic E-state index is -0.110. The minimum absolute atomic E-state index is 0.110. The summed E-state index contributed by atoms with van der Waals surface area (Å²) >= 11 is 8.05. The summed E-state index contributed by atoms with van der Waals surface area (Å²) in [4.78, 5) is 12.2. The third-order valence-electron chi connectivity index (χ3n) is 2.37. The molecule has 0 amide bonds. The highest BCUT2D eigenvalue weighted by atomic mass is 127. The van der Waals surface area contributed by atoms with Crippen LogP contribution in [0.2, 0.25) is 5.02 Å². The lowest BCUT2D eigenvalue weighted by Crippen LogP contribution is -2.05. The fourth-order valence-corrected chi connectivity index (χ4v) is 2.01. The van der Waals surface area contributed by atoms with E-state index in [1.54, 1.807) is 30.3 Å².